The molecular weight excluding hydrogens is 560 g/mol. The van der Waals surface area contributed by atoms with Gasteiger partial charge < -0.3 is 64.2 Å². The number of phenols is 2. The Morgan fingerprint density at radius 1 is 0.833 bits per heavy atom. The Hall–Kier alpha value is -3.31. The summed E-state index contributed by atoms with van der Waals surface area (Å²) >= 11 is 0. The van der Waals surface area contributed by atoms with Gasteiger partial charge in [0.2, 0.25) is 0 Å². The zero-order chi connectivity index (χ0) is 30.5. The molecule has 2 aliphatic heterocycles. The maximum Gasteiger partial charge on any atom is 0.197 e. The highest BCUT2D eigenvalue weighted by Crippen LogP contribution is 2.45. The first-order valence-corrected chi connectivity index (χ1v) is 13.1. The summed E-state index contributed by atoms with van der Waals surface area (Å²) in [6.07, 6.45) is -15.1. The predicted molar refractivity (Wildman–Crippen MR) is 142 cm³/mol. The van der Waals surface area contributed by atoms with Gasteiger partial charge in [-0.2, -0.15) is 0 Å². The van der Waals surface area contributed by atoms with E-state index in [2.05, 4.69) is 0 Å². The average Bonchev–Trinajstić information content (AvgIpc) is 2.97. The lowest BCUT2D eigenvalue weighted by Crippen LogP contribution is -2.59. The number of fused-ring (bicyclic) bond motifs is 1. The van der Waals surface area contributed by atoms with E-state index in [4.69, 9.17) is 23.4 Å². The van der Waals surface area contributed by atoms with Crippen LogP contribution in [-0.4, -0.2) is 110 Å². The van der Waals surface area contributed by atoms with Crippen LogP contribution in [0.5, 0.6) is 17.2 Å². The van der Waals surface area contributed by atoms with Gasteiger partial charge >= 0.3 is 0 Å². The lowest BCUT2D eigenvalue weighted by molar-refractivity contribution is -0.308. The van der Waals surface area contributed by atoms with Crippen LogP contribution in [0.25, 0.3) is 22.3 Å². The van der Waals surface area contributed by atoms with Gasteiger partial charge in [-0.1, -0.05) is 0 Å². The minimum atomic E-state index is -1.81. The van der Waals surface area contributed by atoms with E-state index in [1.54, 1.807) is 0 Å². The second kappa shape index (κ2) is 11.8. The van der Waals surface area contributed by atoms with E-state index in [1.807, 2.05) is 0 Å². The second-order valence-corrected chi connectivity index (χ2v) is 10.3. The lowest BCUT2D eigenvalue weighted by atomic mass is 9.89. The van der Waals surface area contributed by atoms with Gasteiger partial charge in [0, 0.05) is 17.7 Å². The number of rotatable bonds is 6. The fraction of sp³-hybridized carbons (Fsp3) is 0.464. The van der Waals surface area contributed by atoms with E-state index in [0.29, 0.717) is 5.56 Å². The van der Waals surface area contributed by atoms with Gasteiger partial charge in [-0.05, 0) is 31.2 Å². The summed E-state index contributed by atoms with van der Waals surface area (Å²) in [5.74, 6) is -0.568. The summed E-state index contributed by atoms with van der Waals surface area (Å²) < 4.78 is 28.0. The number of aliphatic hydroxyl groups excluding tert-OH is 6. The maximum atomic E-state index is 13.1. The lowest BCUT2D eigenvalue weighted by Gasteiger charge is -2.43. The highest BCUT2D eigenvalue weighted by atomic mass is 16.7. The third-order valence-electron chi connectivity index (χ3n) is 7.60. The molecule has 2 aliphatic rings. The molecule has 3 aromatic rings. The van der Waals surface area contributed by atoms with Crippen molar-refractivity contribution in [3.8, 4) is 28.6 Å². The number of aromatic hydroxyl groups is 2. The van der Waals surface area contributed by atoms with Crippen molar-refractivity contribution < 1.29 is 64.2 Å². The van der Waals surface area contributed by atoms with Crippen LogP contribution in [0.15, 0.2) is 45.6 Å². The van der Waals surface area contributed by atoms with Gasteiger partial charge in [0.1, 0.15) is 82.8 Å². The molecule has 0 bridgehead atoms. The minimum absolute atomic E-state index is 0.0151. The quantitative estimate of drug-likeness (QED) is 0.176. The van der Waals surface area contributed by atoms with E-state index in [-0.39, 0.29) is 33.8 Å². The van der Waals surface area contributed by atoms with Crippen LogP contribution < -0.4 is 10.2 Å². The molecule has 0 unspecified atom stereocenters. The van der Waals surface area contributed by atoms with E-state index >= 15 is 0 Å². The molecule has 3 heterocycles. The fourth-order valence-corrected chi connectivity index (χ4v) is 5.17. The van der Waals surface area contributed by atoms with E-state index in [0.717, 1.165) is 6.07 Å². The SMILES string of the molecule is COc1cc2oc(-c3ccc(O)cc3)cc(=O)c2c(O)c1[C@@H]1O[C@H](CO[C@@H]2O[C@H](C)[C@H](O)[C@H](O)[C@H]2O)[C@@H](O)[C@H](O)[C@H]1O. The molecule has 2 saturated heterocycles. The summed E-state index contributed by atoms with van der Waals surface area (Å²) in [5, 5.41) is 82.8. The van der Waals surface area contributed by atoms with Crippen LogP contribution in [0.3, 0.4) is 0 Å². The summed E-state index contributed by atoms with van der Waals surface area (Å²) in [4.78, 5) is 13.1. The fourth-order valence-electron chi connectivity index (χ4n) is 5.17. The van der Waals surface area contributed by atoms with Gasteiger partial charge in [-0.25, -0.2) is 0 Å². The first-order chi connectivity index (χ1) is 19.9. The molecule has 0 saturated carbocycles. The first-order valence-electron chi connectivity index (χ1n) is 13.1. The number of hydrogen-bond acceptors (Lipinski definition) is 14. The van der Waals surface area contributed by atoms with Gasteiger partial charge in [0.15, 0.2) is 11.7 Å². The molecule has 1 aromatic heterocycles. The monoisotopic (exact) mass is 592 g/mol. The number of hydrogen-bond donors (Lipinski definition) is 8. The Bertz CT molecular complexity index is 1470. The molecule has 0 radical (unpaired) electrons. The summed E-state index contributed by atoms with van der Waals surface area (Å²) in [6.45, 7) is 0.935. The Balaban J connectivity index is 1.47. The Kier molecular flexibility index (Phi) is 8.44. The van der Waals surface area contributed by atoms with Crippen molar-refractivity contribution >= 4 is 11.0 Å². The molecule has 14 nitrogen and oxygen atoms in total. The van der Waals surface area contributed by atoms with E-state index in [1.165, 1.54) is 44.4 Å². The van der Waals surface area contributed by atoms with Crippen molar-refractivity contribution in [1.29, 1.82) is 0 Å². The highest BCUT2D eigenvalue weighted by Gasteiger charge is 2.48. The molecule has 14 heteroatoms. The van der Waals surface area contributed by atoms with Crippen LogP contribution in [0, 0.1) is 0 Å². The van der Waals surface area contributed by atoms with Gasteiger partial charge in [-0.3, -0.25) is 4.79 Å². The van der Waals surface area contributed by atoms with Crippen LogP contribution in [0.4, 0.5) is 0 Å². The molecule has 0 aliphatic carbocycles. The molecule has 228 valence electrons. The van der Waals surface area contributed by atoms with Crippen molar-refractivity contribution in [2.75, 3.05) is 13.7 Å². The predicted octanol–water partition coefficient (Wildman–Crippen LogP) is -0.754. The number of benzene rings is 2. The normalized spacial score (nSPS) is 33.5. The zero-order valence-corrected chi connectivity index (χ0v) is 22.5. The van der Waals surface area contributed by atoms with Gasteiger partial charge in [0.25, 0.3) is 0 Å². The third kappa shape index (κ3) is 5.32. The van der Waals surface area contributed by atoms with Crippen LogP contribution in [0.2, 0.25) is 0 Å². The zero-order valence-electron chi connectivity index (χ0n) is 22.5. The summed E-state index contributed by atoms with van der Waals surface area (Å²) in [7, 11) is 1.26. The summed E-state index contributed by atoms with van der Waals surface area (Å²) in [5.41, 5.74) is -0.444. The van der Waals surface area contributed by atoms with Crippen LogP contribution >= 0.6 is 0 Å². The van der Waals surface area contributed by atoms with E-state index < -0.39 is 79.0 Å². The number of methoxy groups -OCH3 is 1. The molecular formula is C28H32O14. The van der Waals surface area contributed by atoms with Crippen molar-refractivity contribution in [3.63, 3.8) is 0 Å². The number of aliphatic hydroxyl groups is 6. The molecule has 0 amide bonds. The molecule has 2 aromatic carbocycles. The molecule has 10 atom stereocenters. The molecule has 8 N–H and O–H groups in total. The van der Waals surface area contributed by atoms with E-state index in [9.17, 15) is 45.6 Å². The average molecular weight is 593 g/mol. The molecule has 42 heavy (non-hydrogen) atoms. The Morgan fingerprint density at radius 2 is 1.50 bits per heavy atom. The molecule has 0 spiro atoms. The topological polar surface area (TPSA) is 229 Å². The largest absolute Gasteiger partial charge is 0.508 e. The van der Waals surface area contributed by atoms with Crippen molar-refractivity contribution in [3.05, 3.63) is 52.2 Å². The maximum absolute atomic E-state index is 13.1. The third-order valence-corrected chi connectivity index (χ3v) is 7.60. The highest BCUT2D eigenvalue weighted by molar-refractivity contribution is 5.88. The van der Waals surface area contributed by atoms with Crippen LogP contribution in [-0.2, 0) is 14.2 Å². The van der Waals surface area contributed by atoms with Crippen molar-refractivity contribution in [1.82, 2.24) is 0 Å². The van der Waals surface area contributed by atoms with Crippen molar-refractivity contribution in [2.45, 2.75) is 68.1 Å². The minimum Gasteiger partial charge on any atom is -0.508 e. The number of phenolic OH excluding ortho intramolecular Hbond substituents is 2. The summed E-state index contributed by atoms with van der Waals surface area (Å²) in [6, 6.07) is 8.33. The second-order valence-electron chi connectivity index (χ2n) is 10.3. The smallest absolute Gasteiger partial charge is 0.197 e. The number of ether oxygens (including phenoxy) is 4. The Labute approximate surface area is 238 Å². The van der Waals surface area contributed by atoms with Crippen LogP contribution in [0.1, 0.15) is 18.6 Å². The Morgan fingerprint density at radius 3 is 2.17 bits per heavy atom. The first kappa shape index (κ1) is 30.2. The van der Waals surface area contributed by atoms with Gasteiger partial charge in [0.05, 0.1) is 25.4 Å². The molecule has 5 rings (SSSR count). The van der Waals surface area contributed by atoms with Gasteiger partial charge in [-0.15, -0.1) is 0 Å². The standard InChI is InChI=1S/C28H32O14/c1-10-20(31)23(34)26(37)28(40-10)39-9-17-21(32)24(35)25(36)27(42-17)19-15(38-2)8-16-18(22(19)33)13(30)7-14(41-16)11-3-5-12(29)6-4-11/h3-8,10,17,20-21,23-29,31-37H,9H2,1-2H3/t10-,17-,20+,21-,23+,24+,25-,26-,27+,28-/m1/s1. The molecule has 2 fully saturated rings. The van der Waals surface area contributed by atoms with Crippen molar-refractivity contribution in [2.24, 2.45) is 0 Å².